The van der Waals surface area contributed by atoms with Crippen molar-refractivity contribution in [3.63, 3.8) is 0 Å². The number of rotatable bonds is 5. The highest BCUT2D eigenvalue weighted by Crippen LogP contribution is 2.24. The molecule has 0 atom stereocenters. The SMILES string of the molecule is COc1ccc(OC)c(C(=O)NCc2cccc(Br)c2)c1. The lowest BCUT2D eigenvalue weighted by atomic mass is 10.1. The summed E-state index contributed by atoms with van der Waals surface area (Å²) in [5.74, 6) is 0.927. The van der Waals surface area contributed by atoms with Crippen LogP contribution in [0, 0.1) is 0 Å². The molecule has 0 aromatic heterocycles. The average molecular weight is 350 g/mol. The molecule has 4 nitrogen and oxygen atoms in total. The van der Waals surface area contributed by atoms with Gasteiger partial charge in [0.05, 0.1) is 19.8 Å². The maximum atomic E-state index is 12.3. The van der Waals surface area contributed by atoms with Crippen molar-refractivity contribution < 1.29 is 14.3 Å². The Morgan fingerprint density at radius 2 is 1.95 bits per heavy atom. The number of carbonyl (C=O) groups is 1. The Morgan fingerprint density at radius 3 is 2.62 bits per heavy atom. The zero-order valence-corrected chi connectivity index (χ0v) is 13.4. The molecule has 2 aromatic carbocycles. The Balaban J connectivity index is 2.12. The summed E-state index contributed by atoms with van der Waals surface area (Å²) in [6, 6.07) is 12.9. The third-order valence-electron chi connectivity index (χ3n) is 2.99. The summed E-state index contributed by atoms with van der Waals surface area (Å²) >= 11 is 3.41. The quantitative estimate of drug-likeness (QED) is 0.899. The predicted octanol–water partition coefficient (Wildman–Crippen LogP) is 3.40. The van der Waals surface area contributed by atoms with Gasteiger partial charge in [0.15, 0.2) is 0 Å². The smallest absolute Gasteiger partial charge is 0.255 e. The standard InChI is InChI=1S/C16H16BrNO3/c1-20-13-6-7-15(21-2)14(9-13)16(19)18-10-11-4-3-5-12(17)8-11/h3-9H,10H2,1-2H3,(H,18,19). The summed E-state index contributed by atoms with van der Waals surface area (Å²) in [5.41, 5.74) is 1.46. The maximum Gasteiger partial charge on any atom is 0.255 e. The average Bonchev–Trinajstić information content (AvgIpc) is 2.52. The van der Waals surface area contributed by atoms with Gasteiger partial charge in [0.1, 0.15) is 11.5 Å². The van der Waals surface area contributed by atoms with E-state index in [1.54, 1.807) is 25.3 Å². The Bertz CT molecular complexity index is 643. The van der Waals surface area contributed by atoms with E-state index in [2.05, 4.69) is 21.2 Å². The van der Waals surface area contributed by atoms with Crippen LogP contribution in [0.5, 0.6) is 11.5 Å². The van der Waals surface area contributed by atoms with Crippen LogP contribution in [0.2, 0.25) is 0 Å². The molecule has 0 aliphatic rings. The molecule has 0 aliphatic heterocycles. The lowest BCUT2D eigenvalue weighted by molar-refractivity contribution is 0.0947. The van der Waals surface area contributed by atoms with Crippen LogP contribution in [-0.4, -0.2) is 20.1 Å². The summed E-state index contributed by atoms with van der Waals surface area (Å²) in [5, 5.41) is 2.87. The zero-order chi connectivity index (χ0) is 15.2. The molecule has 21 heavy (non-hydrogen) atoms. The number of carbonyl (C=O) groups excluding carboxylic acids is 1. The number of amides is 1. The molecule has 0 unspecified atom stereocenters. The van der Waals surface area contributed by atoms with E-state index in [0.717, 1.165) is 10.0 Å². The van der Waals surface area contributed by atoms with Gasteiger partial charge in [0.25, 0.3) is 5.91 Å². The number of hydrogen-bond donors (Lipinski definition) is 1. The fourth-order valence-electron chi connectivity index (χ4n) is 1.92. The zero-order valence-electron chi connectivity index (χ0n) is 11.9. The summed E-state index contributed by atoms with van der Waals surface area (Å²) in [4.78, 5) is 12.3. The van der Waals surface area contributed by atoms with E-state index in [1.807, 2.05) is 24.3 Å². The minimum Gasteiger partial charge on any atom is -0.497 e. The van der Waals surface area contributed by atoms with E-state index >= 15 is 0 Å². The molecule has 0 saturated heterocycles. The Hall–Kier alpha value is -2.01. The third-order valence-corrected chi connectivity index (χ3v) is 3.49. The molecule has 1 N–H and O–H groups in total. The minimum atomic E-state index is -0.203. The second-order valence-electron chi connectivity index (χ2n) is 4.38. The van der Waals surface area contributed by atoms with Crippen molar-refractivity contribution >= 4 is 21.8 Å². The first-order valence-electron chi connectivity index (χ1n) is 6.38. The highest BCUT2D eigenvalue weighted by atomic mass is 79.9. The number of hydrogen-bond acceptors (Lipinski definition) is 3. The summed E-state index contributed by atoms with van der Waals surface area (Å²) in [6.07, 6.45) is 0. The maximum absolute atomic E-state index is 12.3. The van der Waals surface area contributed by atoms with Gasteiger partial charge in [0, 0.05) is 11.0 Å². The first-order valence-corrected chi connectivity index (χ1v) is 7.18. The predicted molar refractivity (Wildman–Crippen MR) is 84.9 cm³/mol. The molecule has 0 fully saturated rings. The second-order valence-corrected chi connectivity index (χ2v) is 5.29. The van der Waals surface area contributed by atoms with Crippen LogP contribution in [0.4, 0.5) is 0 Å². The van der Waals surface area contributed by atoms with Gasteiger partial charge < -0.3 is 14.8 Å². The van der Waals surface area contributed by atoms with E-state index in [0.29, 0.717) is 23.6 Å². The summed E-state index contributed by atoms with van der Waals surface area (Å²) < 4.78 is 11.3. The van der Waals surface area contributed by atoms with Crippen molar-refractivity contribution in [3.05, 3.63) is 58.1 Å². The van der Waals surface area contributed by atoms with Crippen molar-refractivity contribution in [1.29, 1.82) is 0 Å². The van der Waals surface area contributed by atoms with Gasteiger partial charge >= 0.3 is 0 Å². The van der Waals surface area contributed by atoms with Crippen LogP contribution in [0.1, 0.15) is 15.9 Å². The minimum absolute atomic E-state index is 0.203. The van der Waals surface area contributed by atoms with E-state index < -0.39 is 0 Å². The van der Waals surface area contributed by atoms with Crippen LogP contribution >= 0.6 is 15.9 Å². The van der Waals surface area contributed by atoms with Crippen molar-refractivity contribution in [2.45, 2.75) is 6.54 Å². The van der Waals surface area contributed by atoms with Gasteiger partial charge in [-0.15, -0.1) is 0 Å². The molecule has 0 heterocycles. The molecule has 0 spiro atoms. The molecule has 0 aliphatic carbocycles. The lowest BCUT2D eigenvalue weighted by Gasteiger charge is -2.11. The molecule has 0 saturated carbocycles. The Morgan fingerprint density at radius 1 is 1.14 bits per heavy atom. The highest BCUT2D eigenvalue weighted by Gasteiger charge is 2.13. The summed E-state index contributed by atoms with van der Waals surface area (Å²) in [6.45, 7) is 0.443. The lowest BCUT2D eigenvalue weighted by Crippen LogP contribution is -2.23. The monoisotopic (exact) mass is 349 g/mol. The van der Waals surface area contributed by atoms with Crippen molar-refractivity contribution in [2.24, 2.45) is 0 Å². The third kappa shape index (κ3) is 3.98. The topological polar surface area (TPSA) is 47.6 Å². The van der Waals surface area contributed by atoms with E-state index in [4.69, 9.17) is 9.47 Å². The fourth-order valence-corrected chi connectivity index (χ4v) is 2.36. The van der Waals surface area contributed by atoms with Gasteiger partial charge in [-0.1, -0.05) is 28.1 Å². The normalized spacial score (nSPS) is 10.0. The number of methoxy groups -OCH3 is 2. The van der Waals surface area contributed by atoms with Crippen LogP contribution < -0.4 is 14.8 Å². The molecule has 2 rings (SSSR count). The van der Waals surface area contributed by atoms with Gasteiger partial charge in [-0.3, -0.25) is 4.79 Å². The van der Waals surface area contributed by atoms with Crippen molar-refractivity contribution in [2.75, 3.05) is 14.2 Å². The van der Waals surface area contributed by atoms with Gasteiger partial charge in [-0.2, -0.15) is 0 Å². The molecule has 110 valence electrons. The van der Waals surface area contributed by atoms with Crippen LogP contribution in [-0.2, 0) is 6.54 Å². The van der Waals surface area contributed by atoms with E-state index in [1.165, 1.54) is 7.11 Å². The molecule has 1 amide bonds. The molecular formula is C16H16BrNO3. The molecule has 0 radical (unpaired) electrons. The number of halogens is 1. The summed E-state index contributed by atoms with van der Waals surface area (Å²) in [7, 11) is 3.10. The second kappa shape index (κ2) is 7.13. The van der Waals surface area contributed by atoms with Gasteiger partial charge in [-0.25, -0.2) is 0 Å². The highest BCUT2D eigenvalue weighted by molar-refractivity contribution is 9.10. The van der Waals surface area contributed by atoms with Crippen LogP contribution in [0.3, 0.4) is 0 Å². The number of benzene rings is 2. The van der Waals surface area contributed by atoms with E-state index in [-0.39, 0.29) is 5.91 Å². The Labute approximate surface area is 132 Å². The molecule has 5 heteroatoms. The van der Waals surface area contributed by atoms with Gasteiger partial charge in [0.2, 0.25) is 0 Å². The van der Waals surface area contributed by atoms with Crippen molar-refractivity contribution in [1.82, 2.24) is 5.32 Å². The van der Waals surface area contributed by atoms with E-state index in [9.17, 15) is 4.79 Å². The Kier molecular flexibility index (Phi) is 5.22. The fraction of sp³-hybridized carbons (Fsp3) is 0.188. The van der Waals surface area contributed by atoms with Crippen molar-refractivity contribution in [3.8, 4) is 11.5 Å². The molecule has 2 aromatic rings. The largest absolute Gasteiger partial charge is 0.497 e. The first-order chi connectivity index (χ1) is 10.1. The molecule has 0 bridgehead atoms. The number of nitrogens with one attached hydrogen (secondary N) is 1. The van der Waals surface area contributed by atoms with Gasteiger partial charge in [-0.05, 0) is 35.9 Å². The first kappa shape index (κ1) is 15.4. The number of ether oxygens (including phenoxy) is 2. The van der Waals surface area contributed by atoms with Crippen LogP contribution in [0.25, 0.3) is 0 Å². The van der Waals surface area contributed by atoms with Crippen LogP contribution in [0.15, 0.2) is 46.9 Å². The molecular weight excluding hydrogens is 334 g/mol.